The number of hydrogen-bond donors (Lipinski definition) is 1. The van der Waals surface area contributed by atoms with Crippen LogP contribution in [0, 0.1) is 5.92 Å². The van der Waals surface area contributed by atoms with Crippen molar-refractivity contribution in [3.05, 3.63) is 60.2 Å². The maximum absolute atomic E-state index is 13.4. The third kappa shape index (κ3) is 5.77. The SMILES string of the molecule is CCOc1ccc(N(CC)S(=O)(=O)N2CCC[C@H](C(=O)NCc3ccccc3)C2)cc1. The molecule has 0 unspecified atom stereocenters. The van der Waals surface area contributed by atoms with Crippen molar-refractivity contribution in [1.82, 2.24) is 9.62 Å². The van der Waals surface area contributed by atoms with Gasteiger partial charge in [0.2, 0.25) is 5.91 Å². The number of ether oxygens (including phenoxy) is 1. The maximum Gasteiger partial charge on any atom is 0.304 e. The van der Waals surface area contributed by atoms with Crippen LogP contribution in [-0.4, -0.2) is 44.9 Å². The molecule has 1 heterocycles. The van der Waals surface area contributed by atoms with Crippen LogP contribution >= 0.6 is 0 Å². The third-order valence-electron chi connectivity index (χ3n) is 5.39. The zero-order valence-corrected chi connectivity index (χ0v) is 19.0. The molecule has 1 aliphatic rings. The summed E-state index contributed by atoms with van der Waals surface area (Å²) in [5.74, 6) is 0.243. The molecule has 7 nitrogen and oxygen atoms in total. The van der Waals surface area contributed by atoms with E-state index in [0.29, 0.717) is 50.5 Å². The summed E-state index contributed by atoms with van der Waals surface area (Å²) in [5, 5.41) is 2.95. The van der Waals surface area contributed by atoms with Gasteiger partial charge in [-0.2, -0.15) is 12.7 Å². The highest BCUT2D eigenvalue weighted by Gasteiger charge is 2.35. The van der Waals surface area contributed by atoms with Gasteiger partial charge in [-0.05, 0) is 56.5 Å². The molecular weight excluding hydrogens is 414 g/mol. The molecule has 0 saturated carbocycles. The number of nitrogens with zero attached hydrogens (tertiary/aromatic N) is 2. The normalized spacial score (nSPS) is 17.2. The fraction of sp³-hybridized carbons (Fsp3) is 0.435. The molecule has 3 rings (SSSR count). The highest BCUT2D eigenvalue weighted by molar-refractivity contribution is 7.90. The van der Waals surface area contributed by atoms with E-state index in [9.17, 15) is 13.2 Å². The van der Waals surface area contributed by atoms with Gasteiger partial charge < -0.3 is 10.1 Å². The summed E-state index contributed by atoms with van der Waals surface area (Å²) in [6, 6.07) is 16.7. The van der Waals surface area contributed by atoms with Crippen molar-refractivity contribution in [2.24, 2.45) is 5.92 Å². The minimum Gasteiger partial charge on any atom is -0.494 e. The minimum atomic E-state index is -3.74. The van der Waals surface area contributed by atoms with Crippen LogP contribution < -0.4 is 14.4 Å². The Labute approximate surface area is 185 Å². The monoisotopic (exact) mass is 445 g/mol. The van der Waals surface area contributed by atoms with E-state index in [2.05, 4.69) is 5.32 Å². The zero-order valence-electron chi connectivity index (χ0n) is 18.2. The van der Waals surface area contributed by atoms with Gasteiger partial charge in [0.25, 0.3) is 0 Å². The van der Waals surface area contributed by atoms with Gasteiger partial charge in [0.15, 0.2) is 0 Å². The number of anilines is 1. The average Bonchev–Trinajstić information content (AvgIpc) is 2.80. The van der Waals surface area contributed by atoms with E-state index in [0.717, 1.165) is 5.56 Å². The van der Waals surface area contributed by atoms with E-state index in [1.54, 1.807) is 24.3 Å². The summed E-state index contributed by atoms with van der Waals surface area (Å²) in [4.78, 5) is 12.7. The van der Waals surface area contributed by atoms with Gasteiger partial charge in [-0.1, -0.05) is 30.3 Å². The predicted octanol–water partition coefficient (Wildman–Crippen LogP) is 3.18. The fourth-order valence-electron chi connectivity index (χ4n) is 3.79. The summed E-state index contributed by atoms with van der Waals surface area (Å²) < 4.78 is 35.0. The minimum absolute atomic E-state index is 0.104. The Bertz CT molecular complexity index is 949. The number of carbonyl (C=O) groups excluding carboxylic acids is 1. The van der Waals surface area contributed by atoms with Crippen LogP contribution in [-0.2, 0) is 21.5 Å². The molecule has 0 spiro atoms. The molecule has 1 amide bonds. The van der Waals surface area contributed by atoms with Crippen molar-refractivity contribution in [2.45, 2.75) is 33.2 Å². The fourth-order valence-corrected chi connectivity index (χ4v) is 5.51. The second-order valence-corrected chi connectivity index (χ2v) is 9.35. The van der Waals surface area contributed by atoms with Crippen LogP contribution in [0.3, 0.4) is 0 Å². The summed E-state index contributed by atoms with van der Waals surface area (Å²) in [5.41, 5.74) is 1.60. The van der Waals surface area contributed by atoms with E-state index in [4.69, 9.17) is 4.74 Å². The zero-order chi connectivity index (χ0) is 22.3. The van der Waals surface area contributed by atoms with Crippen molar-refractivity contribution in [3.8, 4) is 5.75 Å². The quantitative estimate of drug-likeness (QED) is 0.643. The molecule has 1 atom stereocenters. The smallest absolute Gasteiger partial charge is 0.304 e. The number of nitrogens with one attached hydrogen (secondary N) is 1. The van der Waals surface area contributed by atoms with Gasteiger partial charge in [-0.15, -0.1) is 0 Å². The molecule has 168 valence electrons. The second-order valence-electron chi connectivity index (χ2n) is 7.50. The Morgan fingerprint density at radius 2 is 1.84 bits per heavy atom. The number of amides is 1. The van der Waals surface area contributed by atoms with Crippen LogP contribution in [0.4, 0.5) is 5.69 Å². The predicted molar refractivity (Wildman–Crippen MR) is 122 cm³/mol. The Morgan fingerprint density at radius 1 is 1.13 bits per heavy atom. The largest absolute Gasteiger partial charge is 0.494 e. The molecule has 1 saturated heterocycles. The lowest BCUT2D eigenvalue weighted by atomic mass is 9.99. The Hall–Kier alpha value is -2.58. The van der Waals surface area contributed by atoms with Crippen LogP contribution in [0.15, 0.2) is 54.6 Å². The lowest BCUT2D eigenvalue weighted by molar-refractivity contribution is -0.126. The molecule has 0 aromatic heterocycles. The highest BCUT2D eigenvalue weighted by atomic mass is 32.2. The molecule has 0 aliphatic carbocycles. The Morgan fingerprint density at radius 3 is 2.48 bits per heavy atom. The van der Waals surface area contributed by atoms with E-state index >= 15 is 0 Å². The van der Waals surface area contributed by atoms with Crippen LogP contribution in [0.5, 0.6) is 5.75 Å². The molecule has 0 radical (unpaired) electrons. The molecule has 8 heteroatoms. The maximum atomic E-state index is 13.4. The number of hydrogen-bond acceptors (Lipinski definition) is 4. The lowest BCUT2D eigenvalue weighted by Crippen LogP contribution is -2.50. The van der Waals surface area contributed by atoms with E-state index in [1.807, 2.05) is 44.2 Å². The Kier molecular flexibility index (Phi) is 7.92. The summed E-state index contributed by atoms with van der Waals surface area (Å²) in [6.45, 7) is 5.61. The van der Waals surface area contributed by atoms with Crippen LogP contribution in [0.25, 0.3) is 0 Å². The second kappa shape index (κ2) is 10.6. The number of rotatable bonds is 9. The van der Waals surface area contributed by atoms with Gasteiger partial charge in [0, 0.05) is 26.2 Å². The lowest BCUT2D eigenvalue weighted by Gasteiger charge is -2.35. The van der Waals surface area contributed by atoms with Crippen molar-refractivity contribution < 1.29 is 17.9 Å². The third-order valence-corrected chi connectivity index (χ3v) is 7.40. The number of piperidine rings is 1. The van der Waals surface area contributed by atoms with Crippen LogP contribution in [0.1, 0.15) is 32.3 Å². The summed E-state index contributed by atoms with van der Waals surface area (Å²) in [6.07, 6.45) is 1.34. The van der Waals surface area contributed by atoms with E-state index in [-0.39, 0.29) is 18.4 Å². The first-order valence-electron chi connectivity index (χ1n) is 10.8. The first-order valence-corrected chi connectivity index (χ1v) is 12.2. The Balaban J connectivity index is 1.67. The van der Waals surface area contributed by atoms with Crippen LogP contribution in [0.2, 0.25) is 0 Å². The average molecular weight is 446 g/mol. The molecule has 1 aliphatic heterocycles. The highest BCUT2D eigenvalue weighted by Crippen LogP contribution is 2.27. The topological polar surface area (TPSA) is 79.0 Å². The summed E-state index contributed by atoms with van der Waals surface area (Å²) >= 11 is 0. The molecule has 31 heavy (non-hydrogen) atoms. The molecule has 1 N–H and O–H groups in total. The van der Waals surface area contributed by atoms with Crippen molar-refractivity contribution in [3.63, 3.8) is 0 Å². The first-order chi connectivity index (χ1) is 15.0. The molecule has 2 aromatic rings. The standard InChI is InChI=1S/C23H31N3O4S/c1-3-26(21-12-14-22(15-13-21)30-4-2)31(28,29)25-16-8-11-20(18-25)23(27)24-17-19-9-6-5-7-10-19/h5-7,9-10,12-15,20H,3-4,8,11,16-18H2,1-2H3,(H,24,27)/t20-/m0/s1. The molecular formula is C23H31N3O4S. The number of carbonyl (C=O) groups is 1. The van der Waals surface area contributed by atoms with E-state index < -0.39 is 10.2 Å². The summed E-state index contributed by atoms with van der Waals surface area (Å²) in [7, 11) is -3.74. The molecule has 1 fully saturated rings. The van der Waals surface area contributed by atoms with Gasteiger partial charge in [-0.25, -0.2) is 0 Å². The van der Waals surface area contributed by atoms with Crippen molar-refractivity contribution >= 4 is 21.8 Å². The van der Waals surface area contributed by atoms with Gasteiger partial charge in [0.1, 0.15) is 5.75 Å². The molecule has 2 aromatic carbocycles. The first kappa shape index (κ1) is 23.1. The van der Waals surface area contributed by atoms with Crippen molar-refractivity contribution in [2.75, 3.05) is 30.5 Å². The van der Waals surface area contributed by atoms with Gasteiger partial charge in [-0.3, -0.25) is 9.10 Å². The van der Waals surface area contributed by atoms with Crippen molar-refractivity contribution in [1.29, 1.82) is 0 Å². The van der Waals surface area contributed by atoms with Gasteiger partial charge >= 0.3 is 10.2 Å². The molecule has 0 bridgehead atoms. The number of benzene rings is 2. The van der Waals surface area contributed by atoms with E-state index in [1.165, 1.54) is 8.61 Å². The van der Waals surface area contributed by atoms with Gasteiger partial charge in [0.05, 0.1) is 18.2 Å².